The van der Waals surface area contributed by atoms with E-state index in [2.05, 4.69) is 9.97 Å². The van der Waals surface area contributed by atoms with Crippen LogP contribution in [0.15, 0.2) is 36.2 Å². The SMILES string of the molecule is C/C=C(\F)c1cc(-c2cncnc2)cs1. The van der Waals surface area contributed by atoms with Crippen molar-refractivity contribution in [3.05, 3.63) is 41.1 Å². The van der Waals surface area contributed by atoms with Crippen LogP contribution in [0.1, 0.15) is 11.8 Å². The summed E-state index contributed by atoms with van der Waals surface area (Å²) in [6, 6.07) is 1.80. The van der Waals surface area contributed by atoms with Crippen LogP contribution in [0.3, 0.4) is 0 Å². The van der Waals surface area contributed by atoms with E-state index >= 15 is 0 Å². The van der Waals surface area contributed by atoms with Crippen molar-refractivity contribution in [2.24, 2.45) is 0 Å². The molecule has 76 valence electrons. The van der Waals surface area contributed by atoms with Gasteiger partial charge in [0.25, 0.3) is 0 Å². The molecule has 2 aromatic rings. The van der Waals surface area contributed by atoms with Crippen molar-refractivity contribution in [1.82, 2.24) is 9.97 Å². The van der Waals surface area contributed by atoms with E-state index in [1.165, 1.54) is 23.7 Å². The van der Waals surface area contributed by atoms with Crippen molar-refractivity contribution in [2.45, 2.75) is 6.92 Å². The summed E-state index contributed by atoms with van der Waals surface area (Å²) >= 11 is 1.38. The molecule has 0 fully saturated rings. The van der Waals surface area contributed by atoms with Gasteiger partial charge in [-0.25, -0.2) is 14.4 Å². The first-order valence-electron chi connectivity index (χ1n) is 4.47. The van der Waals surface area contributed by atoms with E-state index < -0.39 is 0 Å². The molecule has 0 aromatic carbocycles. The van der Waals surface area contributed by atoms with Crippen LogP contribution < -0.4 is 0 Å². The van der Waals surface area contributed by atoms with E-state index in [1.54, 1.807) is 25.4 Å². The van der Waals surface area contributed by atoms with Crippen LogP contribution in [0.5, 0.6) is 0 Å². The van der Waals surface area contributed by atoms with Gasteiger partial charge >= 0.3 is 0 Å². The Kier molecular flexibility index (Phi) is 2.87. The minimum absolute atomic E-state index is 0.192. The van der Waals surface area contributed by atoms with Gasteiger partial charge < -0.3 is 0 Å². The zero-order valence-electron chi connectivity index (χ0n) is 8.14. The molecule has 0 spiro atoms. The van der Waals surface area contributed by atoms with Crippen LogP contribution in [0, 0.1) is 0 Å². The van der Waals surface area contributed by atoms with Crippen molar-refractivity contribution in [3.63, 3.8) is 0 Å². The molecule has 2 rings (SSSR count). The molecule has 0 unspecified atom stereocenters. The van der Waals surface area contributed by atoms with Crippen LogP contribution in [0.25, 0.3) is 17.0 Å². The van der Waals surface area contributed by atoms with Gasteiger partial charge in [-0.3, -0.25) is 0 Å². The van der Waals surface area contributed by atoms with Gasteiger partial charge in [0.15, 0.2) is 0 Å². The molecular weight excluding hydrogens is 211 g/mol. The fourth-order valence-electron chi connectivity index (χ4n) is 1.20. The van der Waals surface area contributed by atoms with Crippen LogP contribution in [0.4, 0.5) is 4.39 Å². The number of halogens is 1. The second kappa shape index (κ2) is 4.31. The minimum Gasteiger partial charge on any atom is -0.244 e. The monoisotopic (exact) mass is 220 g/mol. The van der Waals surface area contributed by atoms with Crippen LogP contribution in [0.2, 0.25) is 0 Å². The Morgan fingerprint density at radius 3 is 2.73 bits per heavy atom. The van der Waals surface area contributed by atoms with E-state index in [9.17, 15) is 4.39 Å². The topological polar surface area (TPSA) is 25.8 Å². The lowest BCUT2D eigenvalue weighted by molar-refractivity contribution is 0.762. The molecular formula is C11H9FN2S. The Bertz CT molecular complexity index is 476. The molecule has 2 heterocycles. The minimum atomic E-state index is -0.192. The highest BCUT2D eigenvalue weighted by atomic mass is 32.1. The molecule has 0 saturated heterocycles. The Hall–Kier alpha value is -1.55. The summed E-state index contributed by atoms with van der Waals surface area (Å²) < 4.78 is 13.2. The summed E-state index contributed by atoms with van der Waals surface area (Å²) in [4.78, 5) is 8.48. The number of rotatable bonds is 2. The van der Waals surface area contributed by atoms with Crippen LogP contribution >= 0.6 is 11.3 Å². The zero-order valence-corrected chi connectivity index (χ0v) is 8.96. The van der Waals surface area contributed by atoms with Crippen molar-refractivity contribution >= 4 is 17.2 Å². The quantitative estimate of drug-likeness (QED) is 0.773. The van der Waals surface area contributed by atoms with Gasteiger partial charge in [-0.15, -0.1) is 11.3 Å². The molecule has 0 amide bonds. The molecule has 4 heteroatoms. The molecule has 0 atom stereocenters. The van der Waals surface area contributed by atoms with Gasteiger partial charge in [0.1, 0.15) is 12.2 Å². The molecule has 0 aliphatic rings. The molecule has 2 aromatic heterocycles. The predicted molar refractivity (Wildman–Crippen MR) is 60.1 cm³/mol. The fraction of sp³-hybridized carbons (Fsp3) is 0.0909. The van der Waals surface area contributed by atoms with Gasteiger partial charge in [0.2, 0.25) is 0 Å². The number of nitrogens with zero attached hydrogens (tertiary/aromatic N) is 2. The molecule has 0 bridgehead atoms. The molecule has 0 aliphatic carbocycles. The lowest BCUT2D eigenvalue weighted by Crippen LogP contribution is -1.78. The van der Waals surface area contributed by atoms with E-state index in [4.69, 9.17) is 0 Å². The van der Waals surface area contributed by atoms with Gasteiger partial charge in [-0.2, -0.15) is 0 Å². The van der Waals surface area contributed by atoms with Gasteiger partial charge in [0.05, 0.1) is 4.88 Å². The molecule has 0 radical (unpaired) electrons. The summed E-state index contributed by atoms with van der Waals surface area (Å²) in [6.07, 6.45) is 6.36. The molecule has 2 nitrogen and oxygen atoms in total. The van der Waals surface area contributed by atoms with E-state index in [-0.39, 0.29) is 5.83 Å². The Morgan fingerprint density at radius 2 is 2.07 bits per heavy atom. The largest absolute Gasteiger partial charge is 0.244 e. The Morgan fingerprint density at radius 1 is 1.33 bits per heavy atom. The summed E-state index contributed by atoms with van der Waals surface area (Å²) in [7, 11) is 0. The van der Waals surface area contributed by atoms with Gasteiger partial charge in [-0.1, -0.05) is 6.08 Å². The zero-order chi connectivity index (χ0) is 10.7. The first-order chi connectivity index (χ1) is 7.31. The van der Waals surface area contributed by atoms with Crippen molar-refractivity contribution in [2.75, 3.05) is 0 Å². The predicted octanol–water partition coefficient (Wildman–Crippen LogP) is 3.54. The number of allylic oxidation sites excluding steroid dienone is 1. The number of aromatic nitrogens is 2. The van der Waals surface area contributed by atoms with Crippen molar-refractivity contribution < 1.29 is 4.39 Å². The van der Waals surface area contributed by atoms with Crippen molar-refractivity contribution in [3.8, 4) is 11.1 Å². The molecule has 0 aliphatic heterocycles. The third kappa shape index (κ3) is 2.10. The fourth-order valence-corrected chi connectivity index (χ4v) is 2.09. The van der Waals surface area contributed by atoms with Gasteiger partial charge in [-0.05, 0) is 23.9 Å². The van der Waals surface area contributed by atoms with Crippen LogP contribution in [-0.4, -0.2) is 9.97 Å². The van der Waals surface area contributed by atoms with Gasteiger partial charge in [0, 0.05) is 18.0 Å². The third-order valence-electron chi connectivity index (χ3n) is 1.98. The lowest BCUT2D eigenvalue weighted by Gasteiger charge is -1.93. The van der Waals surface area contributed by atoms with E-state index in [0.29, 0.717) is 4.88 Å². The summed E-state index contributed by atoms with van der Waals surface area (Å²) in [5.41, 5.74) is 1.86. The first-order valence-corrected chi connectivity index (χ1v) is 5.35. The third-order valence-corrected chi connectivity index (χ3v) is 2.92. The maximum absolute atomic E-state index is 13.2. The van der Waals surface area contributed by atoms with E-state index in [0.717, 1.165) is 11.1 Å². The summed E-state index contributed by atoms with van der Waals surface area (Å²) in [5.74, 6) is -0.192. The molecule has 0 saturated carbocycles. The highest BCUT2D eigenvalue weighted by Gasteiger charge is 2.05. The Labute approximate surface area is 91.1 Å². The molecule has 0 N–H and O–H groups in total. The highest BCUT2D eigenvalue weighted by molar-refractivity contribution is 7.11. The smallest absolute Gasteiger partial charge is 0.136 e. The maximum atomic E-state index is 13.2. The second-order valence-corrected chi connectivity index (χ2v) is 3.87. The maximum Gasteiger partial charge on any atom is 0.136 e. The van der Waals surface area contributed by atoms with Crippen LogP contribution in [-0.2, 0) is 0 Å². The highest BCUT2D eigenvalue weighted by Crippen LogP contribution is 2.29. The summed E-state index contributed by atoms with van der Waals surface area (Å²) in [6.45, 7) is 1.68. The first kappa shape index (κ1) is 9.98. The average molecular weight is 220 g/mol. The Balaban J connectivity index is 2.36. The number of hydrogen-bond acceptors (Lipinski definition) is 3. The van der Waals surface area contributed by atoms with E-state index in [1.807, 2.05) is 5.38 Å². The lowest BCUT2D eigenvalue weighted by atomic mass is 10.2. The number of hydrogen-bond donors (Lipinski definition) is 0. The van der Waals surface area contributed by atoms with Crippen molar-refractivity contribution in [1.29, 1.82) is 0 Å². The second-order valence-electron chi connectivity index (χ2n) is 2.96. The average Bonchev–Trinajstić information content (AvgIpc) is 2.78. The summed E-state index contributed by atoms with van der Waals surface area (Å²) in [5, 5.41) is 1.90. The molecule has 15 heavy (non-hydrogen) atoms. The normalized spacial score (nSPS) is 11.7. The number of thiophene rings is 1. The standard InChI is InChI=1S/C11H9FN2S/c1-2-10(12)11-3-8(6-15-11)9-4-13-7-14-5-9/h2-7H,1H3/b10-2-.